The predicted octanol–water partition coefficient (Wildman–Crippen LogP) is 6.15. The molecule has 0 aromatic heterocycles. The molecule has 2 unspecified atom stereocenters. The quantitative estimate of drug-likeness (QED) is 0.0989. The highest BCUT2D eigenvalue weighted by Crippen LogP contribution is 2.44. The van der Waals surface area contributed by atoms with Crippen molar-refractivity contribution < 1.29 is 24.2 Å². The van der Waals surface area contributed by atoms with E-state index in [0.717, 1.165) is 41.9 Å². The number of alkyl halides is 2. The van der Waals surface area contributed by atoms with Gasteiger partial charge < -0.3 is 14.6 Å². The molecular formula is C24H31BrCl2O5S. The lowest BCUT2D eigenvalue weighted by atomic mass is 9.94. The average Bonchev–Trinajstić information content (AvgIpc) is 3.04. The number of halogens is 3. The molecule has 4 atom stereocenters. The largest absolute Gasteiger partial charge is 0.463 e. The standard InChI is InChI=1S/C24H31BrCl2O5S/c1-16(29)32-14-17-10-19(26)13-20(11-17)33-15-21-18(12-22(25)24(21)27)6-4-2-3-5-7-23(30)31-9-8-28/h2,4,10-11,13,18,21-22,24,28H,3,5-9,12,14-15H2,1H3/b4-2-/t18-,21+,22?,24?/m0/s1. The molecule has 184 valence electrons. The summed E-state index contributed by atoms with van der Waals surface area (Å²) in [5.74, 6) is 1.10. The number of aliphatic hydroxyl groups excluding tert-OH is 1. The number of esters is 2. The number of carbonyl (C=O) groups excluding carboxylic acids is 2. The van der Waals surface area contributed by atoms with Crippen LogP contribution in [0.4, 0.5) is 0 Å². The van der Waals surface area contributed by atoms with Crippen LogP contribution in [-0.4, -0.2) is 46.2 Å². The maximum atomic E-state index is 11.4. The van der Waals surface area contributed by atoms with Crippen molar-refractivity contribution >= 4 is 62.8 Å². The van der Waals surface area contributed by atoms with Crippen LogP contribution in [-0.2, 0) is 25.7 Å². The summed E-state index contributed by atoms with van der Waals surface area (Å²) in [5.41, 5.74) is 0.868. The highest BCUT2D eigenvalue weighted by molar-refractivity contribution is 9.09. The Balaban J connectivity index is 1.84. The van der Waals surface area contributed by atoms with Gasteiger partial charge >= 0.3 is 11.9 Å². The summed E-state index contributed by atoms with van der Waals surface area (Å²) in [6.07, 6.45) is 8.17. The average molecular weight is 582 g/mol. The van der Waals surface area contributed by atoms with Crippen molar-refractivity contribution in [3.05, 3.63) is 40.9 Å². The Bertz CT molecular complexity index is 807. The second-order valence-corrected chi connectivity index (χ2v) is 11.3. The van der Waals surface area contributed by atoms with E-state index in [4.69, 9.17) is 37.8 Å². The van der Waals surface area contributed by atoms with Crippen molar-refractivity contribution in [2.45, 2.75) is 60.7 Å². The smallest absolute Gasteiger partial charge is 0.305 e. The second kappa shape index (κ2) is 15.3. The summed E-state index contributed by atoms with van der Waals surface area (Å²) in [7, 11) is 0. The van der Waals surface area contributed by atoms with Gasteiger partial charge in [-0.1, -0.05) is 39.7 Å². The van der Waals surface area contributed by atoms with Crippen LogP contribution in [0.3, 0.4) is 0 Å². The number of thioether (sulfide) groups is 1. The number of carbonyl (C=O) groups is 2. The van der Waals surface area contributed by atoms with Crippen molar-refractivity contribution in [1.29, 1.82) is 0 Å². The minimum atomic E-state index is -0.319. The molecule has 1 aliphatic carbocycles. The molecule has 1 aliphatic rings. The zero-order chi connectivity index (χ0) is 24.2. The van der Waals surface area contributed by atoms with Gasteiger partial charge in [0.15, 0.2) is 0 Å². The normalized spacial score (nSPS) is 22.6. The number of rotatable bonds is 13. The molecule has 0 spiro atoms. The molecular weight excluding hydrogens is 551 g/mol. The molecule has 0 aliphatic heterocycles. The van der Waals surface area contributed by atoms with Crippen LogP contribution in [0.5, 0.6) is 0 Å². The van der Waals surface area contributed by atoms with E-state index in [1.165, 1.54) is 6.92 Å². The third-order valence-corrected chi connectivity index (χ3v) is 8.63. The number of allylic oxidation sites excluding steroid dienone is 2. The Morgan fingerprint density at radius 1 is 1.27 bits per heavy atom. The third-order valence-electron chi connectivity index (χ3n) is 5.42. The van der Waals surface area contributed by atoms with Gasteiger partial charge in [0, 0.05) is 39.2 Å². The fraction of sp³-hybridized carbons (Fsp3) is 0.583. The topological polar surface area (TPSA) is 72.8 Å². The molecule has 1 saturated carbocycles. The van der Waals surface area contributed by atoms with Gasteiger partial charge in [0.2, 0.25) is 0 Å². The third kappa shape index (κ3) is 10.6. The van der Waals surface area contributed by atoms with Crippen molar-refractivity contribution in [3.63, 3.8) is 0 Å². The Morgan fingerprint density at radius 2 is 2.06 bits per heavy atom. The molecule has 0 radical (unpaired) electrons. The number of benzene rings is 1. The van der Waals surface area contributed by atoms with Crippen LogP contribution in [0.1, 0.15) is 44.6 Å². The maximum Gasteiger partial charge on any atom is 0.305 e. The maximum absolute atomic E-state index is 11.4. The van der Waals surface area contributed by atoms with Crippen molar-refractivity contribution in [1.82, 2.24) is 0 Å². The Hall–Kier alpha value is -0.730. The molecule has 9 heteroatoms. The fourth-order valence-corrected chi connectivity index (χ4v) is 6.78. The van der Waals surface area contributed by atoms with Gasteiger partial charge in [-0.3, -0.25) is 9.59 Å². The number of unbranched alkanes of at least 4 members (excludes halogenated alkanes) is 1. The van der Waals surface area contributed by atoms with Crippen LogP contribution in [0.15, 0.2) is 35.2 Å². The first-order valence-corrected chi connectivity index (χ1v) is 13.8. The lowest BCUT2D eigenvalue weighted by Gasteiger charge is -2.21. The molecule has 1 aromatic carbocycles. The molecule has 0 heterocycles. The lowest BCUT2D eigenvalue weighted by molar-refractivity contribution is -0.145. The number of ether oxygens (including phenoxy) is 2. The van der Waals surface area contributed by atoms with Crippen LogP contribution in [0.25, 0.3) is 0 Å². The van der Waals surface area contributed by atoms with Gasteiger partial charge in [0.1, 0.15) is 13.2 Å². The summed E-state index contributed by atoms with van der Waals surface area (Å²) >= 11 is 18.5. The molecule has 0 saturated heterocycles. The van der Waals surface area contributed by atoms with E-state index >= 15 is 0 Å². The zero-order valence-corrected chi connectivity index (χ0v) is 22.6. The SMILES string of the molecule is CC(=O)OCc1cc(Cl)cc(SC[C@H]2C(Cl)C(Br)C[C@@H]2C/C=C\CCCC(=O)OCCO)c1. The predicted molar refractivity (Wildman–Crippen MR) is 137 cm³/mol. The minimum Gasteiger partial charge on any atom is -0.463 e. The Morgan fingerprint density at radius 3 is 2.79 bits per heavy atom. The number of aliphatic hydroxyl groups is 1. The first-order chi connectivity index (χ1) is 15.8. The van der Waals surface area contributed by atoms with E-state index in [2.05, 4.69) is 28.1 Å². The number of hydrogen-bond acceptors (Lipinski definition) is 6. The molecule has 1 N–H and O–H groups in total. The highest BCUT2D eigenvalue weighted by atomic mass is 79.9. The van der Waals surface area contributed by atoms with Gasteiger partial charge in [-0.25, -0.2) is 0 Å². The lowest BCUT2D eigenvalue weighted by Crippen LogP contribution is -2.20. The minimum absolute atomic E-state index is 0.0527. The number of hydrogen-bond donors (Lipinski definition) is 1. The summed E-state index contributed by atoms with van der Waals surface area (Å²) in [4.78, 5) is 23.9. The summed E-state index contributed by atoms with van der Waals surface area (Å²) in [6, 6.07) is 5.74. The van der Waals surface area contributed by atoms with Crippen molar-refractivity contribution in [2.75, 3.05) is 19.0 Å². The molecule has 5 nitrogen and oxygen atoms in total. The monoisotopic (exact) mass is 580 g/mol. The van der Waals surface area contributed by atoms with E-state index < -0.39 is 0 Å². The van der Waals surface area contributed by atoms with E-state index in [1.54, 1.807) is 11.8 Å². The molecule has 1 fully saturated rings. The summed E-state index contributed by atoms with van der Waals surface area (Å²) in [6.45, 7) is 1.52. The van der Waals surface area contributed by atoms with Crippen LogP contribution >= 0.6 is 50.9 Å². The van der Waals surface area contributed by atoms with Gasteiger partial charge in [-0.05, 0) is 61.3 Å². The highest BCUT2D eigenvalue weighted by Gasteiger charge is 2.40. The fourth-order valence-electron chi connectivity index (χ4n) is 3.77. The molecule has 0 amide bonds. The van der Waals surface area contributed by atoms with E-state index in [9.17, 15) is 9.59 Å². The summed E-state index contributed by atoms with van der Waals surface area (Å²) < 4.78 is 9.94. The Labute approximate surface area is 218 Å². The van der Waals surface area contributed by atoms with Crippen molar-refractivity contribution in [3.8, 4) is 0 Å². The first kappa shape index (κ1) is 28.5. The van der Waals surface area contributed by atoms with E-state index in [0.29, 0.717) is 23.3 Å². The zero-order valence-electron chi connectivity index (χ0n) is 18.7. The van der Waals surface area contributed by atoms with Crippen molar-refractivity contribution in [2.24, 2.45) is 11.8 Å². The second-order valence-electron chi connectivity index (χ2n) is 8.05. The van der Waals surface area contributed by atoms with E-state index in [-0.39, 0.29) is 42.0 Å². The van der Waals surface area contributed by atoms with Crippen LogP contribution in [0.2, 0.25) is 5.02 Å². The molecule has 2 rings (SSSR count). The van der Waals surface area contributed by atoms with Crippen LogP contribution in [0, 0.1) is 11.8 Å². The molecule has 33 heavy (non-hydrogen) atoms. The summed E-state index contributed by atoms with van der Waals surface area (Å²) in [5, 5.41) is 9.33. The van der Waals surface area contributed by atoms with Gasteiger partial charge in [-0.15, -0.1) is 23.4 Å². The molecule has 1 aromatic rings. The van der Waals surface area contributed by atoms with Gasteiger partial charge in [0.25, 0.3) is 0 Å². The first-order valence-electron chi connectivity index (χ1n) is 11.1. The van der Waals surface area contributed by atoms with Gasteiger partial charge in [-0.2, -0.15) is 0 Å². The Kier molecular flexibility index (Phi) is 13.2. The molecule has 0 bridgehead atoms. The van der Waals surface area contributed by atoms with Gasteiger partial charge in [0.05, 0.1) is 6.61 Å². The van der Waals surface area contributed by atoms with E-state index in [1.807, 2.05) is 18.2 Å². The van der Waals surface area contributed by atoms with Crippen LogP contribution < -0.4 is 0 Å².